The number of fused-ring (bicyclic) bond motifs is 1. The number of benzene rings is 2. The first kappa shape index (κ1) is 20.5. The van der Waals surface area contributed by atoms with E-state index in [1.54, 1.807) is 31.2 Å². The minimum Gasteiger partial charge on any atom is -0.465 e. The van der Waals surface area contributed by atoms with Crippen molar-refractivity contribution in [1.29, 1.82) is 0 Å². The minimum atomic E-state index is -0.717. The Bertz CT molecular complexity index is 1190. The second-order valence-corrected chi connectivity index (χ2v) is 7.79. The van der Waals surface area contributed by atoms with E-state index < -0.39 is 23.0 Å². The zero-order chi connectivity index (χ0) is 20.4. The molecule has 0 fully saturated rings. The first-order valence-electron chi connectivity index (χ1n) is 8.34. The Balaban J connectivity index is 2.22. The molecule has 2 aromatic carbocycles. The van der Waals surface area contributed by atoms with Gasteiger partial charge in [0.25, 0.3) is 5.56 Å². The topological polar surface area (TPSA) is 70.3 Å². The lowest BCUT2D eigenvalue weighted by atomic mass is 10.2. The van der Waals surface area contributed by atoms with Crippen molar-refractivity contribution in [3.05, 3.63) is 77.6 Å². The van der Waals surface area contributed by atoms with Crippen LogP contribution >= 0.6 is 31.9 Å². The molecule has 0 aliphatic heterocycles. The van der Waals surface area contributed by atoms with Crippen LogP contribution in [0.4, 0.5) is 4.39 Å². The Labute approximate surface area is 175 Å². The molecule has 0 atom stereocenters. The van der Waals surface area contributed by atoms with E-state index in [1.165, 1.54) is 12.1 Å². The Morgan fingerprint density at radius 3 is 2.43 bits per heavy atom. The van der Waals surface area contributed by atoms with E-state index in [0.29, 0.717) is 14.5 Å². The molecule has 0 N–H and O–H groups in total. The fourth-order valence-corrected chi connectivity index (χ4v) is 3.52. The number of hydrogen-bond acceptors (Lipinski definition) is 4. The van der Waals surface area contributed by atoms with Gasteiger partial charge < -0.3 is 4.74 Å². The third kappa shape index (κ3) is 4.10. The fourth-order valence-electron chi connectivity index (χ4n) is 2.84. The van der Waals surface area contributed by atoms with E-state index >= 15 is 0 Å². The summed E-state index contributed by atoms with van der Waals surface area (Å²) < 4.78 is 22.5. The van der Waals surface area contributed by atoms with Gasteiger partial charge in [-0.3, -0.25) is 18.7 Å². The second kappa shape index (κ2) is 8.40. The third-order valence-electron chi connectivity index (χ3n) is 4.12. The number of esters is 1. The smallest absolute Gasteiger partial charge is 0.332 e. The number of nitrogens with zero attached hydrogens (tertiary/aromatic N) is 2. The molecule has 1 aromatic heterocycles. The van der Waals surface area contributed by atoms with Crippen LogP contribution in [0.2, 0.25) is 0 Å². The second-order valence-electron chi connectivity index (χ2n) is 5.96. The number of rotatable bonds is 5. The van der Waals surface area contributed by atoms with E-state index in [2.05, 4.69) is 31.9 Å². The molecule has 0 amide bonds. The lowest BCUT2D eigenvalue weighted by Crippen LogP contribution is -2.41. The summed E-state index contributed by atoms with van der Waals surface area (Å²) in [5.41, 5.74) is -0.799. The van der Waals surface area contributed by atoms with Gasteiger partial charge in [-0.2, -0.15) is 0 Å². The summed E-state index contributed by atoms with van der Waals surface area (Å²) in [5.74, 6) is -1.15. The molecule has 0 saturated heterocycles. The summed E-state index contributed by atoms with van der Waals surface area (Å²) in [6.45, 7) is 1.21. The van der Waals surface area contributed by atoms with Crippen LogP contribution in [0.25, 0.3) is 10.9 Å². The van der Waals surface area contributed by atoms with E-state index in [1.807, 2.05) is 0 Å². The standard InChI is InChI=1S/C19H15Br2FN2O4/c1-2-28-17(25)10-23-16-8-13(21)5-6-14(16)18(26)24(19(23)27)9-11-3-4-12(20)7-15(11)22/h3-8H,2,9-10H2,1H3. The van der Waals surface area contributed by atoms with Crippen LogP contribution in [0.3, 0.4) is 0 Å². The summed E-state index contributed by atoms with van der Waals surface area (Å²) >= 11 is 6.48. The zero-order valence-electron chi connectivity index (χ0n) is 14.7. The number of aromatic nitrogens is 2. The number of halogens is 3. The average molecular weight is 514 g/mol. The van der Waals surface area contributed by atoms with Crippen molar-refractivity contribution in [3.63, 3.8) is 0 Å². The maximum atomic E-state index is 14.2. The van der Waals surface area contributed by atoms with Gasteiger partial charge in [0.15, 0.2) is 0 Å². The first-order chi connectivity index (χ1) is 13.3. The van der Waals surface area contributed by atoms with E-state index in [4.69, 9.17) is 4.74 Å². The molecule has 3 aromatic rings. The Kier molecular flexibility index (Phi) is 6.14. The summed E-state index contributed by atoms with van der Waals surface area (Å²) in [6, 6.07) is 9.17. The van der Waals surface area contributed by atoms with Crippen LogP contribution in [0.1, 0.15) is 12.5 Å². The SMILES string of the molecule is CCOC(=O)Cn1c(=O)n(Cc2ccc(Br)cc2F)c(=O)c2ccc(Br)cc21. The molecule has 0 bridgehead atoms. The van der Waals surface area contributed by atoms with Gasteiger partial charge in [-0.05, 0) is 37.3 Å². The van der Waals surface area contributed by atoms with E-state index in [9.17, 15) is 18.8 Å². The molecule has 9 heteroatoms. The average Bonchev–Trinajstić information content (AvgIpc) is 2.64. The maximum absolute atomic E-state index is 14.2. The van der Waals surface area contributed by atoms with Gasteiger partial charge in [0, 0.05) is 14.5 Å². The summed E-state index contributed by atoms with van der Waals surface area (Å²) in [6.07, 6.45) is 0. The third-order valence-corrected chi connectivity index (χ3v) is 5.11. The van der Waals surface area contributed by atoms with Crippen LogP contribution < -0.4 is 11.2 Å². The van der Waals surface area contributed by atoms with Crippen molar-refractivity contribution < 1.29 is 13.9 Å². The van der Waals surface area contributed by atoms with Crippen LogP contribution in [-0.4, -0.2) is 21.7 Å². The van der Waals surface area contributed by atoms with Crippen molar-refractivity contribution in [2.24, 2.45) is 0 Å². The summed E-state index contributed by atoms with van der Waals surface area (Å²) in [5, 5.41) is 0.240. The first-order valence-corrected chi connectivity index (χ1v) is 9.93. The zero-order valence-corrected chi connectivity index (χ0v) is 17.9. The maximum Gasteiger partial charge on any atom is 0.332 e. The molecule has 0 saturated carbocycles. The number of carbonyl (C=O) groups excluding carboxylic acids is 1. The molecule has 1 heterocycles. The largest absolute Gasteiger partial charge is 0.465 e. The molecule has 0 aliphatic carbocycles. The Hall–Kier alpha value is -2.26. The molecule has 0 radical (unpaired) electrons. The highest BCUT2D eigenvalue weighted by Crippen LogP contribution is 2.18. The van der Waals surface area contributed by atoms with E-state index in [-0.39, 0.29) is 30.6 Å². The Morgan fingerprint density at radius 1 is 1.07 bits per heavy atom. The minimum absolute atomic E-state index is 0.166. The number of carbonyl (C=O) groups is 1. The van der Waals surface area contributed by atoms with Gasteiger partial charge in [-0.25, -0.2) is 9.18 Å². The molecule has 28 heavy (non-hydrogen) atoms. The molecule has 0 aliphatic rings. The lowest BCUT2D eigenvalue weighted by molar-refractivity contribution is -0.143. The van der Waals surface area contributed by atoms with Gasteiger partial charge in [-0.1, -0.05) is 37.9 Å². The van der Waals surface area contributed by atoms with Crippen molar-refractivity contribution >= 4 is 48.7 Å². The van der Waals surface area contributed by atoms with Gasteiger partial charge in [0.2, 0.25) is 0 Å². The predicted molar refractivity (Wildman–Crippen MR) is 110 cm³/mol. The quantitative estimate of drug-likeness (QED) is 0.490. The monoisotopic (exact) mass is 512 g/mol. The van der Waals surface area contributed by atoms with E-state index in [0.717, 1.165) is 9.13 Å². The predicted octanol–water partition coefficient (Wildman–Crippen LogP) is 3.44. The van der Waals surface area contributed by atoms with Crippen LogP contribution in [-0.2, 0) is 22.6 Å². The molecule has 146 valence electrons. The van der Waals surface area contributed by atoms with Crippen molar-refractivity contribution in [3.8, 4) is 0 Å². The van der Waals surface area contributed by atoms with Crippen molar-refractivity contribution in [2.75, 3.05) is 6.61 Å². The molecule has 0 unspecified atom stereocenters. The molecule has 3 rings (SSSR count). The fraction of sp³-hybridized carbons (Fsp3) is 0.211. The summed E-state index contributed by atoms with van der Waals surface area (Å²) in [4.78, 5) is 37.9. The number of ether oxygens (including phenoxy) is 1. The highest BCUT2D eigenvalue weighted by Gasteiger charge is 2.17. The van der Waals surface area contributed by atoms with Gasteiger partial charge >= 0.3 is 11.7 Å². The van der Waals surface area contributed by atoms with Gasteiger partial charge in [-0.15, -0.1) is 0 Å². The van der Waals surface area contributed by atoms with Gasteiger partial charge in [0.1, 0.15) is 12.4 Å². The summed E-state index contributed by atoms with van der Waals surface area (Å²) in [7, 11) is 0. The van der Waals surface area contributed by atoms with Crippen molar-refractivity contribution in [2.45, 2.75) is 20.0 Å². The lowest BCUT2D eigenvalue weighted by Gasteiger charge is -2.14. The molecular formula is C19H15Br2FN2O4. The normalized spacial score (nSPS) is 11.0. The van der Waals surface area contributed by atoms with Crippen LogP contribution in [0.5, 0.6) is 0 Å². The van der Waals surface area contributed by atoms with Crippen LogP contribution in [0, 0.1) is 5.82 Å². The molecular weight excluding hydrogens is 499 g/mol. The Morgan fingerprint density at radius 2 is 1.75 bits per heavy atom. The highest BCUT2D eigenvalue weighted by molar-refractivity contribution is 9.10. The molecule has 0 spiro atoms. The molecule has 6 nitrogen and oxygen atoms in total. The number of hydrogen-bond donors (Lipinski definition) is 0. The van der Waals surface area contributed by atoms with Crippen molar-refractivity contribution in [1.82, 2.24) is 9.13 Å². The highest BCUT2D eigenvalue weighted by atomic mass is 79.9. The van der Waals surface area contributed by atoms with Gasteiger partial charge in [0.05, 0.1) is 24.1 Å². The van der Waals surface area contributed by atoms with Crippen LogP contribution in [0.15, 0.2) is 54.9 Å².